The lowest BCUT2D eigenvalue weighted by Crippen LogP contribution is -2.40. The molecule has 126 heavy (non-hydrogen) atoms. The van der Waals surface area contributed by atoms with E-state index in [0.717, 1.165) is 78.1 Å². The molecule has 0 bridgehead atoms. The summed E-state index contributed by atoms with van der Waals surface area (Å²) in [6.07, 6.45) is 0.328. The van der Waals surface area contributed by atoms with Crippen molar-refractivity contribution in [2.24, 2.45) is 37.3 Å². The van der Waals surface area contributed by atoms with Crippen LogP contribution in [0.3, 0.4) is 0 Å². The second-order valence-corrected chi connectivity index (χ2v) is 31.0. The van der Waals surface area contributed by atoms with Crippen LogP contribution < -0.4 is 41.5 Å². The molecule has 3 saturated heterocycles. The maximum Gasteiger partial charge on any atom is 0.421 e. The maximum atomic E-state index is 14.5. The van der Waals surface area contributed by atoms with Gasteiger partial charge in [0.05, 0.1) is 73.6 Å². The Morgan fingerprint density at radius 3 is 2.10 bits per heavy atom. The van der Waals surface area contributed by atoms with Crippen molar-refractivity contribution in [1.29, 1.82) is 0 Å². The average Bonchev–Trinajstić information content (AvgIpc) is 1.62. The molecule has 4 aromatic carbocycles. The smallest absolute Gasteiger partial charge is 0.421 e. The quantitative estimate of drug-likeness (QED) is 0.0176. The van der Waals surface area contributed by atoms with E-state index in [9.17, 15) is 72.3 Å². The molecule has 4 fully saturated rings. The van der Waals surface area contributed by atoms with E-state index in [-0.39, 0.29) is 78.8 Å². The minimum atomic E-state index is -5.00. The normalized spacial score (nSPS) is 16.9. The van der Waals surface area contributed by atoms with E-state index in [4.69, 9.17) is 25.8 Å². The molecule has 6 aromatic heterocycles. The second-order valence-electron chi connectivity index (χ2n) is 30.6. The van der Waals surface area contributed by atoms with E-state index in [2.05, 4.69) is 107 Å². The van der Waals surface area contributed by atoms with Gasteiger partial charge in [0, 0.05) is 129 Å². The van der Waals surface area contributed by atoms with Crippen molar-refractivity contribution in [1.82, 2.24) is 79.5 Å². The summed E-state index contributed by atoms with van der Waals surface area (Å²) in [6.45, 7) is 15.2. The highest BCUT2D eigenvalue weighted by Crippen LogP contribution is 2.50. The van der Waals surface area contributed by atoms with Crippen LogP contribution in [0.5, 0.6) is 5.88 Å². The number of hydrogen-bond acceptors (Lipinski definition) is 24. The van der Waals surface area contributed by atoms with E-state index < -0.39 is 81.7 Å². The number of amides is 2. The lowest BCUT2D eigenvalue weighted by Gasteiger charge is -2.23. The summed E-state index contributed by atoms with van der Waals surface area (Å²) in [7, 11) is 9.02. The summed E-state index contributed by atoms with van der Waals surface area (Å²) in [5, 5.41) is 26.0. The van der Waals surface area contributed by atoms with Crippen molar-refractivity contribution in [2.75, 3.05) is 100.0 Å². The molecule has 2 amide bonds. The molecule has 9 heterocycles. The summed E-state index contributed by atoms with van der Waals surface area (Å²) in [5.74, 6) is 7.17. The van der Waals surface area contributed by atoms with E-state index in [0.29, 0.717) is 112 Å². The Kier molecular flexibility index (Phi) is 30.2. The molecular formula is C85H87ClF11N21O8. The number of ketones is 3. The number of benzene rings is 4. The first-order chi connectivity index (χ1) is 59.7. The largest absolute Gasteiger partial charge is 0.478 e. The minimum Gasteiger partial charge on any atom is -0.478 e. The van der Waals surface area contributed by atoms with Crippen LogP contribution in [-0.2, 0) is 78.9 Å². The third kappa shape index (κ3) is 25.1. The van der Waals surface area contributed by atoms with Crippen LogP contribution in [-0.4, -0.2) is 190 Å². The van der Waals surface area contributed by atoms with Crippen molar-refractivity contribution < 1.29 is 86.5 Å². The van der Waals surface area contributed by atoms with Gasteiger partial charge in [-0.1, -0.05) is 81.6 Å². The minimum absolute atomic E-state index is 0.00490. The van der Waals surface area contributed by atoms with Crippen molar-refractivity contribution >= 4 is 115 Å². The van der Waals surface area contributed by atoms with Crippen molar-refractivity contribution in [2.45, 2.75) is 83.2 Å². The predicted molar refractivity (Wildman–Crippen MR) is 449 cm³/mol. The molecule has 10 aromatic rings. The first-order valence-electron chi connectivity index (χ1n) is 39.0. The molecule has 664 valence electrons. The average molecular weight is 1780 g/mol. The molecule has 4 aliphatic rings. The molecule has 5 atom stereocenters. The van der Waals surface area contributed by atoms with Gasteiger partial charge in [0.2, 0.25) is 23.7 Å². The molecule has 0 spiro atoms. The number of imidazole rings is 1. The van der Waals surface area contributed by atoms with Gasteiger partial charge in [-0.05, 0) is 111 Å². The number of ether oxygens (including phenoxy) is 3. The number of anilines is 8. The molecule has 29 nitrogen and oxygen atoms in total. The number of hydrogen-bond donors (Lipinski definition) is 6. The summed E-state index contributed by atoms with van der Waals surface area (Å²) in [6, 6.07) is 15.2. The van der Waals surface area contributed by atoms with Gasteiger partial charge >= 0.3 is 18.5 Å². The number of para-hydroxylation sites is 1. The number of carbonyl (C=O) groups excluding carboxylic acids is 5. The van der Waals surface area contributed by atoms with Crippen LogP contribution in [0.15, 0.2) is 148 Å². The Labute approximate surface area is 719 Å². The zero-order valence-corrected chi connectivity index (χ0v) is 69.9. The molecule has 1 aliphatic carbocycles. The van der Waals surface area contributed by atoms with E-state index in [1.54, 1.807) is 90.9 Å². The Bertz CT molecular complexity index is 5750. The van der Waals surface area contributed by atoms with Crippen LogP contribution >= 0.6 is 11.6 Å². The standard InChI is InChI=1S/C28H26ClFN4O2.C20H21F3N4O2.C19H18F6N4O2.C18H22FN9O2/c1-34(2)9-3-4-20(35)10-18-11-22-27(12-17(18)5-7-21-23-14-36-15-24(21)23)31-16-32-28(22)33-19-6-8-26(30)25(29)13-19;1-2-15(28)11-13-5-3-4-6-17(13)26-18-16(20(21,22)23)12-24-19(27-18)25-14-7-9-29-10-8-14;1-17(2,3)16(31)26-9-14(30)4-5-29-10-27-15(28-29)11-6-12(18(20,21)22)8-13(7-11)19(23,24)25;1-5-13(29)21-11-8-28(6-10(11)19)18-23-15(14-16(24-18)26(2)9-20-14)22-12-7-27(3)25-17(12)30-4/h3-4,6,8,11-13,16,21,23-24H,9-10,14-15H2,1-2H3,(H,31,32,33);2-6,12,14H,1,7-11H2,(H2,24,25,26,27);4-8,10H,9H2,1-3H3,(H,26,31);5,7,9-11H,1,6,8H2,2-4H3,(H,21,29)(H,22,23,24)/b4-3+;;5-4-;/t21?,23-,24+;;;10-,11-/m...1/s1. The van der Waals surface area contributed by atoms with Gasteiger partial charge < -0.3 is 60.5 Å². The maximum absolute atomic E-state index is 14.5. The van der Waals surface area contributed by atoms with Crippen molar-refractivity contribution in [3.63, 3.8) is 0 Å². The number of nitrogens with one attached hydrogen (secondary N) is 6. The molecule has 6 N–H and O–H groups in total. The van der Waals surface area contributed by atoms with Gasteiger partial charge in [-0.3, -0.25) is 28.7 Å². The number of aromatic nitrogens is 13. The van der Waals surface area contributed by atoms with Crippen LogP contribution in [0.4, 0.5) is 94.7 Å². The Morgan fingerprint density at radius 1 is 0.730 bits per heavy atom. The molecule has 41 heteroatoms. The van der Waals surface area contributed by atoms with Crippen molar-refractivity contribution in [3.8, 4) is 29.1 Å². The summed E-state index contributed by atoms with van der Waals surface area (Å²) in [5.41, 5.74) is 0.402. The third-order valence-corrected chi connectivity index (χ3v) is 20.0. The van der Waals surface area contributed by atoms with Crippen LogP contribution in [0.1, 0.15) is 67.0 Å². The number of alkyl halides is 10. The Hall–Kier alpha value is -13.1. The van der Waals surface area contributed by atoms with Gasteiger partial charge in [0.1, 0.15) is 47.5 Å². The number of aryl methyl sites for hydroxylation is 2. The second kappa shape index (κ2) is 40.7. The van der Waals surface area contributed by atoms with Gasteiger partial charge in [0.25, 0.3) is 5.88 Å². The number of carbonyl (C=O) groups is 5. The SMILES string of the molecule is C=CC(=O)Cc1ccccc1Nc1nc(NC2CCOCC2)ncc1C(F)(F)F.C=CC(=O)N[C@@H]1CN(c2nc(Nc3cn(C)nc3OC)c3ncn(C)c3n2)C[C@H]1F.CC(C)(C)C(=O)NCC(=O)/C=C\n1cnc(-c2cc(C(F)(F)F)cc(C(F)(F)F)c2)n1.CN(C)C/C=C/C(=O)Cc1cc2c(Nc3ccc(F)c(Cl)c3)ncnc2cc1C#CC1[C@H]2COC[C@@H]12. The molecule has 3 aliphatic heterocycles. The number of fused-ring (bicyclic) bond motifs is 3. The molecule has 1 saturated carbocycles. The van der Waals surface area contributed by atoms with E-state index >= 15 is 0 Å². The lowest BCUT2D eigenvalue weighted by atomic mass is 9.96. The zero-order chi connectivity index (χ0) is 91.1. The highest BCUT2D eigenvalue weighted by atomic mass is 35.5. The fourth-order valence-corrected chi connectivity index (χ4v) is 13.2. The predicted octanol–water partition coefficient (Wildman–Crippen LogP) is 13.6. The zero-order valence-electron chi connectivity index (χ0n) is 69.2. The first-order valence-corrected chi connectivity index (χ1v) is 39.4. The molecular weight excluding hydrogens is 1690 g/mol. The summed E-state index contributed by atoms with van der Waals surface area (Å²) >= 11 is 5.95. The number of rotatable bonds is 25. The summed E-state index contributed by atoms with van der Waals surface area (Å²) in [4.78, 5) is 97.2. The molecule has 14 rings (SSSR count). The number of nitrogens with zero attached hydrogens (tertiary/aromatic N) is 15. The highest BCUT2D eigenvalue weighted by molar-refractivity contribution is 6.31. The Morgan fingerprint density at radius 2 is 1.44 bits per heavy atom. The summed E-state index contributed by atoms with van der Waals surface area (Å²) < 4.78 is 167. The Balaban J connectivity index is 0.000000164. The topological polar surface area (TPSA) is 335 Å². The molecule has 0 radical (unpaired) electrons. The number of halogens is 12. The van der Waals surface area contributed by atoms with Gasteiger partial charge in [0.15, 0.2) is 40.2 Å². The fraction of sp³-hybridized carbons (Fsp3) is 0.353. The van der Waals surface area contributed by atoms with Crippen LogP contribution in [0, 0.1) is 40.8 Å². The number of likely N-dealkylation sites (N-methyl/N-ethyl adjacent to an activating group) is 1. The van der Waals surface area contributed by atoms with E-state index in [1.165, 1.54) is 31.6 Å². The lowest BCUT2D eigenvalue weighted by molar-refractivity contribution is -0.143. The van der Waals surface area contributed by atoms with Gasteiger partial charge in [-0.2, -0.15) is 54.5 Å². The van der Waals surface area contributed by atoms with Crippen LogP contribution in [0.25, 0.3) is 39.7 Å². The van der Waals surface area contributed by atoms with E-state index in [1.807, 2.05) is 44.3 Å². The van der Waals surface area contributed by atoms with Gasteiger partial charge in [-0.25, -0.2) is 38.4 Å². The van der Waals surface area contributed by atoms with Crippen LogP contribution in [0.2, 0.25) is 5.02 Å². The molecule has 1 unspecified atom stereocenters. The fourth-order valence-electron chi connectivity index (χ4n) is 13.0. The first kappa shape index (κ1) is 93.6. The highest BCUT2D eigenvalue weighted by Gasteiger charge is 2.53. The number of methoxy groups -OCH3 is 1. The monoisotopic (exact) mass is 1770 g/mol. The van der Waals surface area contributed by atoms with Gasteiger partial charge in [-0.15, -0.1) is 10.2 Å². The number of allylic oxidation sites excluding steroid dienone is 2. The third-order valence-electron chi connectivity index (χ3n) is 19.7. The van der Waals surface area contributed by atoms with Crippen molar-refractivity contribution in [3.05, 3.63) is 192 Å².